The number of aryl methyl sites for hydroxylation is 1. The average Bonchev–Trinajstić information content (AvgIpc) is 2.92. The summed E-state index contributed by atoms with van der Waals surface area (Å²) in [6, 6.07) is -0.190. The zero-order valence-corrected chi connectivity index (χ0v) is 15.5. The number of carbonyl (C=O) groups excluding carboxylic acids is 2. The fourth-order valence-electron chi connectivity index (χ4n) is 2.11. The van der Waals surface area contributed by atoms with Crippen LogP contribution in [0.2, 0.25) is 0 Å². The lowest BCUT2D eigenvalue weighted by Crippen LogP contribution is -2.43. The standard InChI is InChI=1S/C17H30N4O3/c1-7-13(5)24-10-15(22)18-8-12(4)19-17(23)14-9-21(6)20-16(14)11(2)3/h9,11-13H,7-8,10H2,1-6H3,(H,18,22)(H,19,23)/t12-,13?/m1/s1. The topological polar surface area (TPSA) is 85.3 Å². The van der Waals surface area contributed by atoms with Gasteiger partial charge in [0.2, 0.25) is 5.91 Å². The van der Waals surface area contributed by atoms with Crippen molar-refractivity contribution in [2.24, 2.45) is 7.05 Å². The minimum absolute atomic E-state index is 0.0375. The summed E-state index contributed by atoms with van der Waals surface area (Å²) in [5.41, 5.74) is 1.35. The summed E-state index contributed by atoms with van der Waals surface area (Å²) in [6.07, 6.45) is 2.65. The molecule has 2 atom stereocenters. The van der Waals surface area contributed by atoms with Crippen molar-refractivity contribution in [3.63, 3.8) is 0 Å². The van der Waals surface area contributed by atoms with Crippen molar-refractivity contribution in [3.05, 3.63) is 17.5 Å². The SMILES string of the molecule is CCC(C)OCC(=O)NC[C@@H](C)NC(=O)c1cn(C)nc1C(C)C. The summed E-state index contributed by atoms with van der Waals surface area (Å²) in [7, 11) is 1.80. The minimum Gasteiger partial charge on any atom is -0.369 e. The molecule has 2 amide bonds. The van der Waals surface area contributed by atoms with E-state index in [2.05, 4.69) is 15.7 Å². The van der Waals surface area contributed by atoms with Gasteiger partial charge < -0.3 is 15.4 Å². The predicted octanol–water partition coefficient (Wildman–Crippen LogP) is 1.59. The zero-order chi connectivity index (χ0) is 18.3. The van der Waals surface area contributed by atoms with Gasteiger partial charge in [0.1, 0.15) is 6.61 Å². The monoisotopic (exact) mass is 338 g/mol. The molecule has 2 N–H and O–H groups in total. The molecular formula is C17H30N4O3. The maximum Gasteiger partial charge on any atom is 0.255 e. The Morgan fingerprint density at radius 2 is 1.96 bits per heavy atom. The molecule has 1 rings (SSSR count). The van der Waals surface area contributed by atoms with Gasteiger partial charge in [-0.1, -0.05) is 20.8 Å². The maximum atomic E-state index is 12.4. The number of nitrogens with one attached hydrogen (secondary N) is 2. The highest BCUT2D eigenvalue weighted by molar-refractivity contribution is 5.95. The fraction of sp³-hybridized carbons (Fsp3) is 0.706. The summed E-state index contributed by atoms with van der Waals surface area (Å²) in [6.45, 7) is 10.2. The van der Waals surface area contributed by atoms with Gasteiger partial charge in [-0.3, -0.25) is 14.3 Å². The van der Waals surface area contributed by atoms with Crippen LogP contribution in [0.5, 0.6) is 0 Å². The molecule has 0 fully saturated rings. The van der Waals surface area contributed by atoms with Crippen molar-refractivity contribution in [2.75, 3.05) is 13.2 Å². The van der Waals surface area contributed by atoms with Gasteiger partial charge in [0.05, 0.1) is 17.4 Å². The summed E-state index contributed by atoms with van der Waals surface area (Å²) in [5.74, 6) is -0.190. The van der Waals surface area contributed by atoms with Gasteiger partial charge in [-0.15, -0.1) is 0 Å². The van der Waals surface area contributed by atoms with E-state index in [-0.39, 0.29) is 36.5 Å². The first-order valence-electron chi connectivity index (χ1n) is 8.47. The van der Waals surface area contributed by atoms with Gasteiger partial charge >= 0.3 is 0 Å². The number of aromatic nitrogens is 2. The Kier molecular flexibility index (Phi) is 7.91. The van der Waals surface area contributed by atoms with E-state index in [1.807, 2.05) is 34.6 Å². The van der Waals surface area contributed by atoms with Crippen molar-refractivity contribution < 1.29 is 14.3 Å². The second-order valence-corrected chi connectivity index (χ2v) is 6.46. The molecule has 0 aliphatic carbocycles. The number of rotatable bonds is 9. The van der Waals surface area contributed by atoms with Crippen LogP contribution < -0.4 is 10.6 Å². The molecule has 7 nitrogen and oxygen atoms in total. The van der Waals surface area contributed by atoms with Crippen molar-refractivity contribution in [1.29, 1.82) is 0 Å². The Morgan fingerprint density at radius 3 is 2.54 bits per heavy atom. The number of carbonyl (C=O) groups is 2. The summed E-state index contributed by atoms with van der Waals surface area (Å²) >= 11 is 0. The van der Waals surface area contributed by atoms with Crippen LogP contribution in [0, 0.1) is 0 Å². The quantitative estimate of drug-likeness (QED) is 0.716. The predicted molar refractivity (Wildman–Crippen MR) is 92.9 cm³/mol. The largest absolute Gasteiger partial charge is 0.369 e. The van der Waals surface area contributed by atoms with Crippen LogP contribution in [0.3, 0.4) is 0 Å². The normalized spacial score (nSPS) is 13.6. The Bertz CT molecular complexity index is 554. The van der Waals surface area contributed by atoms with E-state index >= 15 is 0 Å². The van der Waals surface area contributed by atoms with Crippen LogP contribution in [0.1, 0.15) is 63.0 Å². The molecule has 0 saturated carbocycles. The molecule has 0 bridgehead atoms. The third-order valence-electron chi connectivity index (χ3n) is 3.71. The summed E-state index contributed by atoms with van der Waals surface area (Å²) in [4.78, 5) is 24.1. The molecule has 1 aromatic rings. The maximum absolute atomic E-state index is 12.4. The van der Waals surface area contributed by atoms with Crippen molar-refractivity contribution >= 4 is 11.8 Å². The lowest BCUT2D eigenvalue weighted by Gasteiger charge is -2.16. The van der Waals surface area contributed by atoms with E-state index in [0.29, 0.717) is 12.1 Å². The number of hydrogen-bond acceptors (Lipinski definition) is 4. The van der Waals surface area contributed by atoms with Crippen LogP contribution >= 0.6 is 0 Å². The first-order chi connectivity index (χ1) is 11.2. The van der Waals surface area contributed by atoms with E-state index in [1.54, 1.807) is 17.9 Å². The van der Waals surface area contributed by atoms with Crippen molar-refractivity contribution in [2.45, 2.75) is 59.1 Å². The van der Waals surface area contributed by atoms with Crippen LogP contribution in [-0.2, 0) is 16.6 Å². The first kappa shape index (κ1) is 20.2. The smallest absolute Gasteiger partial charge is 0.255 e. The molecule has 7 heteroatoms. The van der Waals surface area contributed by atoms with Gasteiger partial charge in [-0.2, -0.15) is 5.10 Å². The van der Waals surface area contributed by atoms with E-state index in [0.717, 1.165) is 12.1 Å². The van der Waals surface area contributed by atoms with E-state index < -0.39 is 0 Å². The zero-order valence-electron chi connectivity index (χ0n) is 15.5. The Labute approximate surface area is 144 Å². The lowest BCUT2D eigenvalue weighted by molar-refractivity contribution is -0.127. The van der Waals surface area contributed by atoms with Gasteiger partial charge in [-0.25, -0.2) is 0 Å². The summed E-state index contributed by atoms with van der Waals surface area (Å²) < 4.78 is 7.01. The highest BCUT2D eigenvalue weighted by Gasteiger charge is 2.19. The lowest BCUT2D eigenvalue weighted by atomic mass is 10.1. The fourth-order valence-corrected chi connectivity index (χ4v) is 2.11. The Morgan fingerprint density at radius 1 is 1.29 bits per heavy atom. The van der Waals surface area contributed by atoms with E-state index in [9.17, 15) is 9.59 Å². The third kappa shape index (κ3) is 6.31. The van der Waals surface area contributed by atoms with E-state index in [1.165, 1.54) is 0 Å². The molecule has 0 aliphatic rings. The Hall–Kier alpha value is -1.89. The highest BCUT2D eigenvalue weighted by Crippen LogP contribution is 2.17. The van der Waals surface area contributed by atoms with Crippen LogP contribution in [0.4, 0.5) is 0 Å². The molecule has 136 valence electrons. The first-order valence-corrected chi connectivity index (χ1v) is 8.47. The molecule has 24 heavy (non-hydrogen) atoms. The molecule has 0 radical (unpaired) electrons. The van der Waals surface area contributed by atoms with Gasteiger partial charge in [0.15, 0.2) is 0 Å². The van der Waals surface area contributed by atoms with Crippen LogP contribution in [-0.4, -0.2) is 46.9 Å². The molecule has 1 unspecified atom stereocenters. The third-order valence-corrected chi connectivity index (χ3v) is 3.71. The molecule has 1 heterocycles. The number of nitrogens with zero attached hydrogens (tertiary/aromatic N) is 2. The average molecular weight is 338 g/mol. The minimum atomic E-state index is -0.190. The highest BCUT2D eigenvalue weighted by atomic mass is 16.5. The number of amides is 2. The molecule has 1 aromatic heterocycles. The van der Waals surface area contributed by atoms with Crippen molar-refractivity contribution in [3.8, 4) is 0 Å². The molecular weight excluding hydrogens is 308 g/mol. The molecule has 0 saturated heterocycles. The van der Waals surface area contributed by atoms with Crippen molar-refractivity contribution in [1.82, 2.24) is 20.4 Å². The molecule has 0 spiro atoms. The van der Waals surface area contributed by atoms with Gasteiger partial charge in [-0.05, 0) is 26.2 Å². The van der Waals surface area contributed by atoms with Gasteiger partial charge in [0.25, 0.3) is 5.91 Å². The number of ether oxygens (including phenoxy) is 1. The van der Waals surface area contributed by atoms with E-state index in [4.69, 9.17) is 4.74 Å². The van der Waals surface area contributed by atoms with Crippen LogP contribution in [0.15, 0.2) is 6.20 Å². The molecule has 0 aromatic carbocycles. The summed E-state index contributed by atoms with van der Waals surface area (Å²) in [5, 5.41) is 9.98. The molecule has 0 aliphatic heterocycles. The second kappa shape index (κ2) is 9.42. The number of hydrogen-bond donors (Lipinski definition) is 2. The second-order valence-electron chi connectivity index (χ2n) is 6.46. The van der Waals surface area contributed by atoms with Crippen LogP contribution in [0.25, 0.3) is 0 Å². The van der Waals surface area contributed by atoms with Gasteiger partial charge in [0, 0.05) is 25.8 Å². The Balaban J connectivity index is 2.46.